The lowest BCUT2D eigenvalue weighted by molar-refractivity contribution is -0.0378. The average molecular weight is 347 g/mol. The highest BCUT2D eigenvalue weighted by Crippen LogP contribution is 2.36. The summed E-state index contributed by atoms with van der Waals surface area (Å²) in [7, 11) is 0. The van der Waals surface area contributed by atoms with Crippen molar-refractivity contribution >= 4 is 16.7 Å². The number of hydrogen-bond donors (Lipinski definition) is 2. The Kier molecular flexibility index (Phi) is 4.35. The molecule has 4 nitrogen and oxygen atoms in total. The molecule has 1 aliphatic rings. The number of carbonyl (C=O) groups excluding carboxylic acids is 1. The molecule has 0 radical (unpaired) electrons. The third kappa shape index (κ3) is 3.16. The van der Waals surface area contributed by atoms with E-state index in [-0.39, 0.29) is 11.7 Å². The van der Waals surface area contributed by atoms with Crippen LogP contribution in [0.2, 0.25) is 0 Å². The molecule has 1 heterocycles. The molecule has 4 rings (SSSR count). The summed E-state index contributed by atoms with van der Waals surface area (Å²) < 4.78 is 6.10. The molecule has 3 aromatic carbocycles. The topological polar surface area (TPSA) is 58.6 Å². The minimum absolute atomic E-state index is 0.213. The minimum atomic E-state index is -0.590. The van der Waals surface area contributed by atoms with E-state index in [2.05, 4.69) is 5.32 Å². The van der Waals surface area contributed by atoms with E-state index in [1.54, 1.807) is 24.3 Å². The number of fused-ring (bicyclic) bond motifs is 1. The Balaban J connectivity index is 1.65. The first-order valence-corrected chi connectivity index (χ1v) is 8.89. The molecule has 0 aromatic heterocycles. The summed E-state index contributed by atoms with van der Waals surface area (Å²) in [5, 5.41) is 14.7. The Morgan fingerprint density at radius 2 is 1.62 bits per heavy atom. The lowest BCUT2D eigenvalue weighted by Crippen LogP contribution is -2.43. The average Bonchev–Trinajstić information content (AvgIpc) is 2.69. The van der Waals surface area contributed by atoms with Gasteiger partial charge in [-0.3, -0.25) is 0 Å². The molecule has 0 spiro atoms. The predicted molar refractivity (Wildman–Crippen MR) is 101 cm³/mol. The zero-order chi connectivity index (χ0) is 18.0. The van der Waals surface area contributed by atoms with Crippen molar-refractivity contribution in [1.29, 1.82) is 0 Å². The highest BCUT2D eigenvalue weighted by Gasteiger charge is 2.38. The van der Waals surface area contributed by atoms with E-state index in [0.717, 1.165) is 42.3 Å². The van der Waals surface area contributed by atoms with Crippen LogP contribution in [0, 0.1) is 0 Å². The van der Waals surface area contributed by atoms with Gasteiger partial charge in [0.05, 0.1) is 5.56 Å². The molecule has 4 heteroatoms. The number of nitrogens with one attached hydrogen (secondary N) is 1. The van der Waals surface area contributed by atoms with Crippen LogP contribution >= 0.6 is 0 Å². The first-order valence-electron chi connectivity index (χ1n) is 8.89. The molecule has 132 valence electrons. The largest absolute Gasteiger partial charge is 0.508 e. The van der Waals surface area contributed by atoms with Gasteiger partial charge < -0.3 is 15.2 Å². The zero-order valence-corrected chi connectivity index (χ0v) is 14.4. The van der Waals surface area contributed by atoms with E-state index in [9.17, 15) is 9.90 Å². The molecular formula is C22H21NO3. The lowest BCUT2D eigenvalue weighted by Gasteiger charge is -2.37. The molecule has 0 unspecified atom stereocenters. The van der Waals surface area contributed by atoms with Crippen molar-refractivity contribution in [2.24, 2.45) is 0 Å². The Morgan fingerprint density at radius 1 is 0.923 bits per heavy atom. The molecule has 26 heavy (non-hydrogen) atoms. The van der Waals surface area contributed by atoms with Crippen LogP contribution in [-0.2, 0) is 10.3 Å². The summed E-state index contributed by atoms with van der Waals surface area (Å²) >= 11 is 0. The molecule has 2 N–H and O–H groups in total. The van der Waals surface area contributed by atoms with E-state index in [4.69, 9.17) is 4.74 Å². The van der Waals surface area contributed by atoms with Crippen molar-refractivity contribution in [2.75, 3.05) is 13.1 Å². The zero-order valence-electron chi connectivity index (χ0n) is 14.4. The number of phenols is 1. The van der Waals surface area contributed by atoms with Gasteiger partial charge in [-0.1, -0.05) is 42.5 Å². The van der Waals surface area contributed by atoms with Gasteiger partial charge >= 0.3 is 5.97 Å². The molecule has 1 saturated heterocycles. The van der Waals surface area contributed by atoms with Crippen molar-refractivity contribution < 1.29 is 14.6 Å². The first-order chi connectivity index (χ1) is 12.7. The van der Waals surface area contributed by atoms with Gasteiger partial charge in [0.1, 0.15) is 11.4 Å². The van der Waals surface area contributed by atoms with Gasteiger partial charge in [0, 0.05) is 12.8 Å². The van der Waals surface area contributed by atoms with Gasteiger partial charge in [0.15, 0.2) is 0 Å². The normalized spacial score (nSPS) is 16.3. The van der Waals surface area contributed by atoms with Gasteiger partial charge in [0.2, 0.25) is 0 Å². The van der Waals surface area contributed by atoms with Crippen LogP contribution in [0.1, 0.15) is 28.8 Å². The van der Waals surface area contributed by atoms with Crippen LogP contribution < -0.4 is 5.32 Å². The number of hydrogen-bond acceptors (Lipinski definition) is 4. The Labute approximate surface area is 152 Å². The minimum Gasteiger partial charge on any atom is -0.508 e. The Morgan fingerprint density at radius 3 is 2.38 bits per heavy atom. The van der Waals surface area contributed by atoms with Gasteiger partial charge in [0.25, 0.3) is 0 Å². The second-order valence-corrected chi connectivity index (χ2v) is 6.75. The van der Waals surface area contributed by atoms with Crippen molar-refractivity contribution in [3.05, 3.63) is 77.9 Å². The molecule has 0 aliphatic carbocycles. The maximum absolute atomic E-state index is 12.9. The summed E-state index contributed by atoms with van der Waals surface area (Å²) in [6, 6.07) is 20.5. The number of carbonyl (C=O) groups is 1. The lowest BCUT2D eigenvalue weighted by atomic mass is 9.84. The van der Waals surface area contributed by atoms with Crippen molar-refractivity contribution in [1.82, 2.24) is 5.32 Å². The standard InChI is InChI=1S/C22H21NO3/c24-20-9-8-16-14-18(7-6-17(16)15-20)21(25)26-22(10-12-23-13-11-22)19-4-2-1-3-5-19/h1-9,14-15,23-24H,10-13H2. The van der Waals surface area contributed by atoms with E-state index < -0.39 is 5.60 Å². The highest BCUT2D eigenvalue weighted by molar-refractivity contribution is 5.96. The number of rotatable bonds is 3. The quantitative estimate of drug-likeness (QED) is 0.704. The summed E-state index contributed by atoms with van der Waals surface area (Å²) in [5.74, 6) is -0.101. The van der Waals surface area contributed by atoms with Crippen molar-refractivity contribution in [3.63, 3.8) is 0 Å². The van der Waals surface area contributed by atoms with Crippen LogP contribution in [0.4, 0.5) is 0 Å². The second-order valence-electron chi connectivity index (χ2n) is 6.75. The molecule has 0 saturated carbocycles. The van der Waals surface area contributed by atoms with Crippen LogP contribution in [0.3, 0.4) is 0 Å². The van der Waals surface area contributed by atoms with Gasteiger partial charge in [-0.25, -0.2) is 4.79 Å². The van der Waals surface area contributed by atoms with Gasteiger partial charge in [-0.05, 0) is 53.7 Å². The first kappa shape index (κ1) is 16.6. The Hall–Kier alpha value is -2.85. The van der Waals surface area contributed by atoms with Crippen molar-refractivity contribution in [2.45, 2.75) is 18.4 Å². The smallest absolute Gasteiger partial charge is 0.339 e. The predicted octanol–water partition coefficient (Wildman–Crippen LogP) is 3.98. The number of phenolic OH excluding ortho intramolecular Hbond substituents is 1. The summed E-state index contributed by atoms with van der Waals surface area (Å²) in [6.07, 6.45) is 1.51. The summed E-state index contributed by atoms with van der Waals surface area (Å²) in [5.41, 5.74) is 0.977. The number of esters is 1. The molecule has 1 aliphatic heterocycles. The number of benzene rings is 3. The highest BCUT2D eigenvalue weighted by atomic mass is 16.6. The maximum atomic E-state index is 12.9. The van der Waals surface area contributed by atoms with Gasteiger partial charge in [-0.2, -0.15) is 0 Å². The third-order valence-corrected chi connectivity index (χ3v) is 5.06. The molecule has 0 bridgehead atoms. The number of ether oxygens (including phenoxy) is 1. The van der Waals surface area contributed by atoms with E-state index in [0.29, 0.717) is 5.56 Å². The fourth-order valence-corrected chi connectivity index (χ4v) is 3.62. The fourth-order valence-electron chi connectivity index (χ4n) is 3.62. The number of aromatic hydroxyl groups is 1. The summed E-state index contributed by atoms with van der Waals surface area (Å²) in [6.45, 7) is 1.64. The van der Waals surface area contributed by atoms with Crippen LogP contribution in [0.15, 0.2) is 66.7 Å². The molecule has 3 aromatic rings. The van der Waals surface area contributed by atoms with Crippen LogP contribution in [0.25, 0.3) is 10.8 Å². The SMILES string of the molecule is O=C(OC1(c2ccccc2)CCNCC1)c1ccc2cc(O)ccc2c1. The van der Waals surface area contributed by atoms with E-state index >= 15 is 0 Å². The Bertz CT molecular complexity index is 931. The molecule has 0 amide bonds. The maximum Gasteiger partial charge on any atom is 0.339 e. The second kappa shape index (κ2) is 6.81. The van der Waals surface area contributed by atoms with Crippen LogP contribution in [-0.4, -0.2) is 24.2 Å². The third-order valence-electron chi connectivity index (χ3n) is 5.06. The fraction of sp³-hybridized carbons (Fsp3) is 0.227. The number of piperidine rings is 1. The monoisotopic (exact) mass is 347 g/mol. The van der Waals surface area contributed by atoms with Crippen LogP contribution in [0.5, 0.6) is 5.75 Å². The van der Waals surface area contributed by atoms with E-state index in [1.165, 1.54) is 0 Å². The van der Waals surface area contributed by atoms with E-state index in [1.807, 2.05) is 42.5 Å². The van der Waals surface area contributed by atoms with Gasteiger partial charge in [-0.15, -0.1) is 0 Å². The summed E-state index contributed by atoms with van der Waals surface area (Å²) in [4.78, 5) is 12.9. The molecule has 0 atom stereocenters. The molecular weight excluding hydrogens is 326 g/mol. The van der Waals surface area contributed by atoms with Crippen molar-refractivity contribution in [3.8, 4) is 5.75 Å². The molecule has 1 fully saturated rings.